The van der Waals surface area contributed by atoms with Crippen LogP contribution in [0.25, 0.3) is 0 Å². The highest BCUT2D eigenvalue weighted by Gasteiger charge is 2.09. The van der Waals surface area contributed by atoms with Gasteiger partial charge in [0.2, 0.25) is 5.43 Å². The van der Waals surface area contributed by atoms with Gasteiger partial charge >= 0.3 is 0 Å². The number of aromatic nitrogens is 3. The molecule has 2 aromatic heterocycles. The number of ether oxygens (including phenoxy) is 1. The lowest BCUT2D eigenvalue weighted by molar-refractivity contribution is 0.102. The molecule has 88 valence electrons. The summed E-state index contributed by atoms with van der Waals surface area (Å²) in [5, 5.41) is 8.79. The van der Waals surface area contributed by atoms with Crippen molar-refractivity contribution < 1.29 is 9.53 Å². The molecule has 0 fully saturated rings. The van der Waals surface area contributed by atoms with Gasteiger partial charge in [-0.05, 0) is 0 Å². The van der Waals surface area contributed by atoms with Gasteiger partial charge in [0.25, 0.3) is 5.91 Å². The predicted octanol–water partition coefficient (Wildman–Crippen LogP) is 0.359. The molecule has 1 amide bonds. The van der Waals surface area contributed by atoms with E-state index in [9.17, 15) is 9.59 Å². The van der Waals surface area contributed by atoms with E-state index in [0.29, 0.717) is 5.82 Å². The minimum Gasteiger partial charge on any atom is -0.491 e. The molecule has 7 nitrogen and oxygen atoms in total. The second kappa shape index (κ2) is 4.52. The van der Waals surface area contributed by atoms with Gasteiger partial charge < -0.3 is 15.0 Å². The molecule has 0 saturated heterocycles. The normalized spacial score (nSPS) is 9.94. The van der Waals surface area contributed by atoms with Crippen LogP contribution in [-0.2, 0) is 0 Å². The fourth-order valence-electron chi connectivity index (χ4n) is 1.26. The third kappa shape index (κ3) is 2.33. The van der Waals surface area contributed by atoms with Gasteiger partial charge in [0.15, 0.2) is 5.75 Å². The number of anilines is 1. The first-order valence-electron chi connectivity index (χ1n) is 4.78. The van der Waals surface area contributed by atoms with E-state index in [1.807, 2.05) is 0 Å². The minimum absolute atomic E-state index is 0.144. The smallest absolute Gasteiger partial charge is 0.273 e. The molecule has 2 rings (SSSR count). The summed E-state index contributed by atoms with van der Waals surface area (Å²) in [5.41, 5.74) is -0.216. The number of carbonyl (C=O) groups excluding carboxylic acids is 1. The van der Waals surface area contributed by atoms with Crippen LogP contribution in [0, 0.1) is 0 Å². The van der Waals surface area contributed by atoms with Crippen LogP contribution in [0.5, 0.6) is 5.75 Å². The van der Waals surface area contributed by atoms with Crippen molar-refractivity contribution in [2.24, 2.45) is 0 Å². The van der Waals surface area contributed by atoms with Crippen molar-refractivity contribution in [1.29, 1.82) is 0 Å². The van der Waals surface area contributed by atoms with E-state index < -0.39 is 5.91 Å². The van der Waals surface area contributed by atoms with Gasteiger partial charge in [-0.25, -0.2) is 0 Å². The van der Waals surface area contributed by atoms with Crippen molar-refractivity contribution in [3.63, 3.8) is 0 Å². The summed E-state index contributed by atoms with van der Waals surface area (Å²) in [6.45, 7) is 0. The number of rotatable bonds is 3. The average molecular weight is 234 g/mol. The topological polar surface area (TPSA) is 99.9 Å². The summed E-state index contributed by atoms with van der Waals surface area (Å²) < 4.78 is 4.79. The van der Waals surface area contributed by atoms with Crippen LogP contribution >= 0.6 is 0 Å². The molecule has 0 atom stereocenters. The predicted molar refractivity (Wildman–Crippen MR) is 60.2 cm³/mol. The zero-order chi connectivity index (χ0) is 12.3. The highest BCUT2D eigenvalue weighted by molar-refractivity contribution is 6.02. The third-order valence-electron chi connectivity index (χ3n) is 2.09. The molecule has 0 bridgehead atoms. The van der Waals surface area contributed by atoms with E-state index in [1.54, 1.807) is 6.07 Å². The zero-order valence-corrected chi connectivity index (χ0v) is 8.98. The largest absolute Gasteiger partial charge is 0.491 e. The fourth-order valence-corrected chi connectivity index (χ4v) is 1.26. The number of carbonyl (C=O) groups is 1. The molecule has 0 saturated carbocycles. The summed E-state index contributed by atoms with van der Waals surface area (Å²) >= 11 is 0. The molecule has 0 radical (unpaired) electrons. The molecule has 0 spiro atoms. The number of pyridine rings is 1. The van der Waals surface area contributed by atoms with E-state index in [0.717, 1.165) is 0 Å². The Morgan fingerprint density at radius 1 is 1.53 bits per heavy atom. The van der Waals surface area contributed by atoms with E-state index in [2.05, 4.69) is 20.5 Å². The Labute approximate surface area is 95.8 Å². The number of amides is 1. The van der Waals surface area contributed by atoms with Crippen LogP contribution in [0.15, 0.2) is 29.3 Å². The van der Waals surface area contributed by atoms with E-state index in [4.69, 9.17) is 4.74 Å². The van der Waals surface area contributed by atoms with Crippen molar-refractivity contribution in [2.45, 2.75) is 0 Å². The third-order valence-corrected chi connectivity index (χ3v) is 2.09. The van der Waals surface area contributed by atoms with Gasteiger partial charge in [-0.15, -0.1) is 0 Å². The summed E-state index contributed by atoms with van der Waals surface area (Å²) in [6.07, 6.45) is 2.84. The fraction of sp³-hybridized carbons (Fsp3) is 0.100. The quantitative estimate of drug-likeness (QED) is 0.713. The summed E-state index contributed by atoms with van der Waals surface area (Å²) in [7, 11) is 1.38. The Hall–Kier alpha value is -2.57. The SMILES string of the molecule is COc1c[nH]c(C(=O)Nc2ccn[nH]2)cc1=O. The summed E-state index contributed by atoms with van der Waals surface area (Å²) in [5.74, 6) is 0.170. The second-order valence-corrected chi connectivity index (χ2v) is 3.20. The second-order valence-electron chi connectivity index (χ2n) is 3.20. The van der Waals surface area contributed by atoms with E-state index in [1.165, 1.54) is 25.6 Å². The van der Waals surface area contributed by atoms with Crippen LogP contribution in [0.1, 0.15) is 10.5 Å². The average Bonchev–Trinajstić information content (AvgIpc) is 2.81. The number of hydrogen-bond donors (Lipinski definition) is 3. The zero-order valence-electron chi connectivity index (χ0n) is 8.98. The lowest BCUT2D eigenvalue weighted by atomic mass is 10.3. The van der Waals surface area contributed by atoms with E-state index in [-0.39, 0.29) is 16.9 Å². The van der Waals surface area contributed by atoms with Gasteiger partial charge in [0, 0.05) is 18.3 Å². The number of nitrogens with one attached hydrogen (secondary N) is 3. The van der Waals surface area contributed by atoms with Gasteiger partial charge in [0.05, 0.1) is 13.3 Å². The number of nitrogens with zero attached hydrogens (tertiary/aromatic N) is 1. The molecular formula is C10H10N4O3. The van der Waals surface area contributed by atoms with Crippen molar-refractivity contribution in [1.82, 2.24) is 15.2 Å². The van der Waals surface area contributed by atoms with Crippen LogP contribution in [0.3, 0.4) is 0 Å². The molecular weight excluding hydrogens is 224 g/mol. The maximum Gasteiger partial charge on any atom is 0.273 e. The Morgan fingerprint density at radius 3 is 2.94 bits per heavy atom. The van der Waals surface area contributed by atoms with E-state index >= 15 is 0 Å². The van der Waals surface area contributed by atoms with Crippen molar-refractivity contribution in [3.05, 3.63) is 40.4 Å². The van der Waals surface area contributed by atoms with Crippen molar-refractivity contribution in [2.75, 3.05) is 12.4 Å². The molecule has 3 N–H and O–H groups in total. The lowest BCUT2D eigenvalue weighted by Gasteiger charge is -2.03. The first kappa shape index (κ1) is 10.9. The summed E-state index contributed by atoms with van der Waals surface area (Å²) in [6, 6.07) is 2.77. The van der Waals surface area contributed by atoms with Gasteiger partial charge in [-0.2, -0.15) is 5.10 Å². The van der Waals surface area contributed by atoms with Gasteiger partial charge in [0.1, 0.15) is 11.5 Å². The molecule has 2 heterocycles. The molecule has 0 aromatic carbocycles. The maximum atomic E-state index is 11.7. The molecule has 0 aliphatic rings. The van der Waals surface area contributed by atoms with Crippen molar-refractivity contribution >= 4 is 11.7 Å². The summed E-state index contributed by atoms with van der Waals surface area (Å²) in [4.78, 5) is 25.8. The number of H-pyrrole nitrogens is 2. The van der Waals surface area contributed by atoms with Gasteiger partial charge in [-0.1, -0.05) is 0 Å². The highest BCUT2D eigenvalue weighted by atomic mass is 16.5. The first-order valence-corrected chi connectivity index (χ1v) is 4.78. The molecule has 2 aromatic rings. The molecule has 0 unspecified atom stereocenters. The number of aromatic amines is 2. The molecule has 0 aliphatic heterocycles. The minimum atomic E-state index is -0.436. The molecule has 17 heavy (non-hydrogen) atoms. The first-order chi connectivity index (χ1) is 8.20. The Kier molecular flexibility index (Phi) is 2.91. The van der Waals surface area contributed by atoms with Crippen LogP contribution < -0.4 is 15.5 Å². The Morgan fingerprint density at radius 2 is 2.35 bits per heavy atom. The van der Waals surface area contributed by atoms with Gasteiger partial charge in [-0.3, -0.25) is 14.7 Å². The Balaban J connectivity index is 2.20. The number of hydrogen-bond acceptors (Lipinski definition) is 4. The maximum absolute atomic E-state index is 11.7. The van der Waals surface area contributed by atoms with Crippen LogP contribution in [-0.4, -0.2) is 28.2 Å². The molecule has 0 aliphatic carbocycles. The van der Waals surface area contributed by atoms with Crippen LogP contribution in [0.4, 0.5) is 5.82 Å². The monoisotopic (exact) mass is 234 g/mol. The number of methoxy groups -OCH3 is 1. The Bertz CT molecular complexity index is 573. The van der Waals surface area contributed by atoms with Crippen LogP contribution in [0.2, 0.25) is 0 Å². The lowest BCUT2D eigenvalue weighted by Crippen LogP contribution is -2.17. The highest BCUT2D eigenvalue weighted by Crippen LogP contribution is 2.04. The molecule has 7 heteroatoms. The van der Waals surface area contributed by atoms with Crippen molar-refractivity contribution in [3.8, 4) is 5.75 Å². The standard InChI is InChI=1S/C10H10N4O3/c1-17-8-5-11-6(4-7(8)15)10(16)13-9-2-3-12-14-9/h2-5H,1H3,(H,11,15)(H2,12,13,14,16).